The Morgan fingerprint density at radius 3 is 2.41 bits per heavy atom. The third kappa shape index (κ3) is 6.27. The van der Waals surface area contributed by atoms with E-state index in [0.29, 0.717) is 15.8 Å². The molecule has 1 N–H and O–H groups in total. The summed E-state index contributed by atoms with van der Waals surface area (Å²) >= 11 is 12.5. The molecule has 11 heteroatoms. The number of rotatable bonds is 9. The van der Waals surface area contributed by atoms with Gasteiger partial charge in [0.05, 0.1) is 34.6 Å². The van der Waals surface area contributed by atoms with Crippen molar-refractivity contribution in [2.75, 3.05) is 18.0 Å². The first-order valence-corrected chi connectivity index (χ1v) is 14.0. The number of hydrogen-bond donors (Lipinski definition) is 1. The second kappa shape index (κ2) is 11.9. The molecule has 0 spiro atoms. The molecule has 0 bridgehead atoms. The molecule has 8 nitrogen and oxygen atoms in total. The number of benzene rings is 3. The molecule has 0 aliphatic heterocycles. The van der Waals surface area contributed by atoms with Gasteiger partial charge in [-0.2, -0.15) is 5.10 Å². The van der Waals surface area contributed by atoms with E-state index in [2.05, 4.69) is 10.5 Å². The molecule has 0 aliphatic rings. The fraction of sp³-hybridized carbons (Fsp3) is 0.143. The SMILES string of the molecule is COc1ccc(S(=O)(=O)N(CC(=O)N/N=C\c2cc(C)n(-c3ccccc3Cl)c2C)c2cccc(Cl)c2)cc1. The topological polar surface area (TPSA) is 93.0 Å². The van der Waals surface area contributed by atoms with E-state index in [-0.39, 0.29) is 10.6 Å². The normalized spacial score (nSPS) is 11.5. The molecule has 0 aliphatic carbocycles. The number of nitrogens with one attached hydrogen (secondary N) is 1. The van der Waals surface area contributed by atoms with Gasteiger partial charge >= 0.3 is 0 Å². The van der Waals surface area contributed by atoms with Gasteiger partial charge in [-0.15, -0.1) is 0 Å². The molecule has 0 unspecified atom stereocenters. The van der Waals surface area contributed by atoms with E-state index >= 15 is 0 Å². The molecule has 202 valence electrons. The van der Waals surface area contributed by atoms with Gasteiger partial charge in [0.15, 0.2) is 0 Å². The maximum absolute atomic E-state index is 13.5. The lowest BCUT2D eigenvalue weighted by Gasteiger charge is -2.24. The van der Waals surface area contributed by atoms with E-state index < -0.39 is 22.5 Å². The Balaban J connectivity index is 1.56. The molecular weight excluding hydrogens is 559 g/mol. The van der Waals surface area contributed by atoms with Gasteiger partial charge in [0.2, 0.25) is 0 Å². The van der Waals surface area contributed by atoms with Crippen LogP contribution in [-0.2, 0) is 14.8 Å². The van der Waals surface area contributed by atoms with Crippen LogP contribution in [0.2, 0.25) is 10.0 Å². The number of ether oxygens (including phenoxy) is 1. The number of carbonyl (C=O) groups is 1. The van der Waals surface area contributed by atoms with Crippen molar-refractivity contribution >= 4 is 51.0 Å². The minimum Gasteiger partial charge on any atom is -0.497 e. The summed E-state index contributed by atoms with van der Waals surface area (Å²) in [6.07, 6.45) is 1.51. The standard InChI is InChI=1S/C28H26Cl2N4O4S/c1-19-15-21(20(2)34(19)27-10-5-4-9-26(27)30)17-31-32-28(35)18-33(23-8-6-7-22(29)16-23)39(36,37)25-13-11-24(38-3)12-14-25/h4-17H,18H2,1-3H3,(H,32,35)/b31-17-. The second-order valence-electron chi connectivity index (χ2n) is 8.57. The smallest absolute Gasteiger partial charge is 0.264 e. The van der Waals surface area contributed by atoms with Gasteiger partial charge in [-0.3, -0.25) is 9.10 Å². The van der Waals surface area contributed by atoms with Crippen LogP contribution >= 0.6 is 23.2 Å². The quantitative estimate of drug-likeness (QED) is 0.200. The minimum absolute atomic E-state index is 0.00779. The fourth-order valence-corrected chi connectivity index (χ4v) is 5.90. The van der Waals surface area contributed by atoms with E-state index in [1.807, 2.05) is 48.7 Å². The molecule has 4 aromatic rings. The minimum atomic E-state index is -4.12. The number of amides is 1. The third-order valence-electron chi connectivity index (χ3n) is 5.99. The Hall–Kier alpha value is -3.79. The van der Waals surface area contributed by atoms with E-state index in [1.165, 1.54) is 43.7 Å². The summed E-state index contributed by atoms with van der Waals surface area (Å²) in [5.74, 6) is -0.132. The van der Waals surface area contributed by atoms with E-state index in [9.17, 15) is 13.2 Å². The lowest BCUT2D eigenvalue weighted by molar-refractivity contribution is -0.119. The van der Waals surface area contributed by atoms with Crippen molar-refractivity contribution < 1.29 is 17.9 Å². The number of hydrogen-bond acceptors (Lipinski definition) is 5. The molecule has 3 aromatic carbocycles. The van der Waals surface area contributed by atoms with Crippen LogP contribution in [0.4, 0.5) is 5.69 Å². The first-order chi connectivity index (χ1) is 18.6. The van der Waals surface area contributed by atoms with Crippen LogP contribution in [0.25, 0.3) is 5.69 Å². The van der Waals surface area contributed by atoms with Crippen molar-refractivity contribution in [3.63, 3.8) is 0 Å². The van der Waals surface area contributed by atoms with Gasteiger partial charge in [-0.05, 0) is 74.5 Å². The van der Waals surface area contributed by atoms with Crippen molar-refractivity contribution in [3.05, 3.63) is 106 Å². The van der Waals surface area contributed by atoms with Crippen molar-refractivity contribution in [2.45, 2.75) is 18.7 Å². The monoisotopic (exact) mass is 584 g/mol. The van der Waals surface area contributed by atoms with Gasteiger partial charge in [0, 0.05) is 22.0 Å². The molecule has 1 heterocycles. The molecule has 0 fully saturated rings. The van der Waals surface area contributed by atoms with Crippen LogP contribution in [-0.4, -0.2) is 38.8 Å². The van der Waals surface area contributed by atoms with Crippen molar-refractivity contribution in [1.29, 1.82) is 0 Å². The summed E-state index contributed by atoms with van der Waals surface area (Å²) in [5, 5.41) is 5.01. The zero-order valence-corrected chi connectivity index (χ0v) is 23.8. The number of halogens is 2. The summed E-state index contributed by atoms with van der Waals surface area (Å²) in [4.78, 5) is 12.9. The molecular formula is C28H26Cl2N4O4S. The summed E-state index contributed by atoms with van der Waals surface area (Å²) in [6.45, 7) is 3.34. The van der Waals surface area contributed by atoms with Crippen LogP contribution < -0.4 is 14.5 Å². The molecule has 1 amide bonds. The highest BCUT2D eigenvalue weighted by atomic mass is 35.5. The number of para-hydroxylation sites is 1. The molecule has 0 atom stereocenters. The predicted molar refractivity (Wildman–Crippen MR) is 155 cm³/mol. The molecule has 0 radical (unpaired) electrons. The Labute approximate surface area is 237 Å². The largest absolute Gasteiger partial charge is 0.497 e. The summed E-state index contributed by atoms with van der Waals surface area (Å²) in [5.41, 5.74) is 6.08. The Morgan fingerprint density at radius 1 is 1.03 bits per heavy atom. The number of nitrogens with zero attached hydrogens (tertiary/aromatic N) is 3. The van der Waals surface area contributed by atoms with Gasteiger partial charge in [-0.25, -0.2) is 13.8 Å². The summed E-state index contributed by atoms with van der Waals surface area (Å²) in [6, 6.07) is 21.6. The second-order valence-corrected chi connectivity index (χ2v) is 11.3. The van der Waals surface area contributed by atoms with E-state index in [0.717, 1.165) is 26.9 Å². The molecule has 4 rings (SSSR count). The number of methoxy groups -OCH3 is 1. The lowest BCUT2D eigenvalue weighted by atomic mass is 10.2. The van der Waals surface area contributed by atoms with Crippen molar-refractivity contribution in [1.82, 2.24) is 9.99 Å². The third-order valence-corrected chi connectivity index (χ3v) is 8.33. The summed E-state index contributed by atoms with van der Waals surface area (Å²) in [7, 11) is -2.63. The highest BCUT2D eigenvalue weighted by Crippen LogP contribution is 2.28. The van der Waals surface area contributed by atoms with Crippen LogP contribution in [0.5, 0.6) is 5.75 Å². The van der Waals surface area contributed by atoms with Crippen molar-refractivity contribution in [3.8, 4) is 11.4 Å². The van der Waals surface area contributed by atoms with Crippen molar-refractivity contribution in [2.24, 2.45) is 5.10 Å². The van der Waals surface area contributed by atoms with E-state index in [1.54, 1.807) is 18.2 Å². The maximum Gasteiger partial charge on any atom is 0.264 e. The molecule has 1 aromatic heterocycles. The first kappa shape index (κ1) is 28.2. The lowest BCUT2D eigenvalue weighted by Crippen LogP contribution is -2.39. The molecule has 0 saturated carbocycles. The Morgan fingerprint density at radius 2 is 1.74 bits per heavy atom. The number of aryl methyl sites for hydroxylation is 1. The zero-order valence-electron chi connectivity index (χ0n) is 21.4. The van der Waals surface area contributed by atoms with Gasteiger partial charge < -0.3 is 9.30 Å². The molecule has 39 heavy (non-hydrogen) atoms. The first-order valence-electron chi connectivity index (χ1n) is 11.8. The number of carbonyl (C=O) groups excluding carboxylic acids is 1. The zero-order chi connectivity index (χ0) is 28.2. The van der Waals surface area contributed by atoms with E-state index in [4.69, 9.17) is 27.9 Å². The molecule has 0 saturated heterocycles. The number of hydrazone groups is 1. The maximum atomic E-state index is 13.5. The highest BCUT2D eigenvalue weighted by Gasteiger charge is 2.27. The van der Waals surface area contributed by atoms with Gasteiger partial charge in [0.1, 0.15) is 12.3 Å². The highest BCUT2D eigenvalue weighted by molar-refractivity contribution is 7.92. The van der Waals surface area contributed by atoms with Gasteiger partial charge in [-0.1, -0.05) is 41.4 Å². The summed E-state index contributed by atoms with van der Waals surface area (Å²) < 4.78 is 35.2. The number of sulfonamides is 1. The number of anilines is 1. The van der Waals surface area contributed by atoms with Gasteiger partial charge in [0.25, 0.3) is 15.9 Å². The average Bonchev–Trinajstić information content (AvgIpc) is 3.20. The fourth-order valence-electron chi connectivity index (χ4n) is 4.08. The van der Waals surface area contributed by atoms with Crippen LogP contribution in [0, 0.1) is 13.8 Å². The van der Waals surface area contributed by atoms with Crippen LogP contribution in [0.15, 0.2) is 88.9 Å². The van der Waals surface area contributed by atoms with Crippen LogP contribution in [0.1, 0.15) is 17.0 Å². The average molecular weight is 586 g/mol. The number of aromatic nitrogens is 1. The Bertz CT molecular complexity index is 1630. The van der Waals surface area contributed by atoms with Crippen LogP contribution in [0.3, 0.4) is 0 Å². The Kier molecular flexibility index (Phi) is 8.64. The predicted octanol–water partition coefficient (Wildman–Crippen LogP) is 5.76.